The fraction of sp³-hybridized carbons (Fsp3) is 0.625. The van der Waals surface area contributed by atoms with Gasteiger partial charge in [-0.25, -0.2) is 0 Å². The molecule has 0 rings (SSSR count). The summed E-state index contributed by atoms with van der Waals surface area (Å²) in [6.45, 7) is 3.00. The molecule has 0 aliphatic rings. The number of hydrogen-bond acceptors (Lipinski definition) is 3. The van der Waals surface area contributed by atoms with E-state index in [9.17, 15) is 9.59 Å². The summed E-state index contributed by atoms with van der Waals surface area (Å²) in [5.74, 6) is -0.941. The third-order valence-electron chi connectivity index (χ3n) is 1.54. The largest absolute Gasteiger partial charge is 0.313 e. The number of rotatable bonds is 5. The van der Waals surface area contributed by atoms with Gasteiger partial charge in [0, 0.05) is 12.8 Å². The minimum absolute atomic E-state index is 0.228. The quantitative estimate of drug-likeness (QED) is 0.479. The molecule has 3 nitrogen and oxygen atoms in total. The summed E-state index contributed by atoms with van der Waals surface area (Å²) >= 11 is 0. The van der Waals surface area contributed by atoms with Gasteiger partial charge in [0.2, 0.25) is 5.78 Å². The van der Waals surface area contributed by atoms with Crippen molar-refractivity contribution in [2.24, 2.45) is 5.92 Å². The molecule has 0 spiro atoms. The van der Waals surface area contributed by atoms with Gasteiger partial charge in [0.25, 0.3) is 0 Å². The number of nitrogens with one attached hydrogen (secondary N) is 1. The van der Waals surface area contributed by atoms with Gasteiger partial charge < -0.3 is 5.41 Å². The van der Waals surface area contributed by atoms with Crippen molar-refractivity contribution in [2.75, 3.05) is 0 Å². The maximum atomic E-state index is 10.9. The van der Waals surface area contributed by atoms with Gasteiger partial charge in [-0.05, 0) is 19.1 Å². The average molecular weight is 155 g/mol. The summed E-state index contributed by atoms with van der Waals surface area (Å²) in [5, 5.41) is 6.72. The van der Waals surface area contributed by atoms with Gasteiger partial charge in [-0.3, -0.25) is 9.59 Å². The van der Waals surface area contributed by atoms with Crippen molar-refractivity contribution in [1.82, 2.24) is 0 Å². The normalized spacial score (nSPS) is 12.2. The van der Waals surface area contributed by atoms with E-state index in [2.05, 4.69) is 0 Å². The standard InChI is InChI=1S/C8H13NO2/c1-6(4-3-5-9)8(11)7(2)10/h5-6,9H,3-4H2,1-2H3/t6-/m1/s1. The highest BCUT2D eigenvalue weighted by molar-refractivity contribution is 6.36. The fourth-order valence-corrected chi connectivity index (χ4v) is 0.811. The molecule has 0 amide bonds. The summed E-state index contributed by atoms with van der Waals surface area (Å²) in [4.78, 5) is 21.5. The molecule has 3 heteroatoms. The Morgan fingerprint density at radius 1 is 1.55 bits per heavy atom. The molecule has 0 aliphatic carbocycles. The van der Waals surface area contributed by atoms with Gasteiger partial charge in [-0.15, -0.1) is 0 Å². The molecule has 11 heavy (non-hydrogen) atoms. The van der Waals surface area contributed by atoms with E-state index in [1.54, 1.807) is 6.92 Å². The molecular weight excluding hydrogens is 142 g/mol. The lowest BCUT2D eigenvalue weighted by atomic mass is 9.99. The number of hydrogen-bond donors (Lipinski definition) is 1. The van der Waals surface area contributed by atoms with Crippen LogP contribution in [0.3, 0.4) is 0 Å². The van der Waals surface area contributed by atoms with Crippen molar-refractivity contribution in [3.8, 4) is 0 Å². The molecule has 1 atom stereocenters. The lowest BCUT2D eigenvalue weighted by Crippen LogP contribution is -2.18. The predicted octanol–water partition coefficient (Wildman–Crippen LogP) is 1.21. The number of Topliss-reactive ketones (excluding diaryl/α,β-unsaturated/α-hetero) is 2. The summed E-state index contributed by atoms with van der Waals surface area (Å²) in [6, 6.07) is 0. The molecule has 1 N–H and O–H groups in total. The first kappa shape index (κ1) is 10.0. The van der Waals surface area contributed by atoms with Crippen LogP contribution in [0.2, 0.25) is 0 Å². The topological polar surface area (TPSA) is 58.0 Å². The van der Waals surface area contributed by atoms with Crippen molar-refractivity contribution in [3.63, 3.8) is 0 Å². The Bertz CT molecular complexity index is 175. The van der Waals surface area contributed by atoms with E-state index in [0.29, 0.717) is 12.8 Å². The van der Waals surface area contributed by atoms with E-state index in [0.717, 1.165) is 0 Å². The van der Waals surface area contributed by atoms with Crippen LogP contribution in [-0.2, 0) is 9.59 Å². The summed E-state index contributed by atoms with van der Waals surface area (Å²) in [6.07, 6.45) is 2.42. The molecule has 0 radical (unpaired) electrons. The highest BCUT2D eigenvalue weighted by Gasteiger charge is 2.15. The Labute approximate surface area is 66.3 Å². The third kappa shape index (κ3) is 3.65. The first-order chi connectivity index (χ1) is 5.09. The van der Waals surface area contributed by atoms with Crippen molar-refractivity contribution >= 4 is 17.8 Å². The van der Waals surface area contributed by atoms with Crippen molar-refractivity contribution < 1.29 is 9.59 Å². The van der Waals surface area contributed by atoms with Crippen molar-refractivity contribution in [1.29, 1.82) is 5.41 Å². The van der Waals surface area contributed by atoms with Crippen LogP contribution in [0.4, 0.5) is 0 Å². The van der Waals surface area contributed by atoms with Gasteiger partial charge in [0.05, 0.1) is 0 Å². The molecule has 0 unspecified atom stereocenters. The van der Waals surface area contributed by atoms with Crippen LogP contribution in [0.25, 0.3) is 0 Å². The van der Waals surface area contributed by atoms with Gasteiger partial charge in [0.1, 0.15) is 0 Å². The Kier molecular flexibility index (Phi) is 4.34. The maximum Gasteiger partial charge on any atom is 0.200 e. The molecule has 0 saturated heterocycles. The van der Waals surface area contributed by atoms with E-state index < -0.39 is 0 Å². The minimum atomic E-state index is -0.387. The van der Waals surface area contributed by atoms with Crippen LogP contribution in [0, 0.1) is 11.3 Å². The molecule has 0 aromatic carbocycles. The summed E-state index contributed by atoms with van der Waals surface area (Å²) in [5.41, 5.74) is 0. The fourth-order valence-electron chi connectivity index (χ4n) is 0.811. The Balaban J connectivity index is 3.82. The second kappa shape index (κ2) is 4.77. The highest BCUT2D eigenvalue weighted by atomic mass is 16.2. The van der Waals surface area contributed by atoms with Crippen LogP contribution in [0.15, 0.2) is 0 Å². The number of carbonyl (C=O) groups is 2. The minimum Gasteiger partial charge on any atom is -0.313 e. The lowest BCUT2D eigenvalue weighted by molar-refractivity contribution is -0.137. The maximum absolute atomic E-state index is 10.9. The van der Waals surface area contributed by atoms with Gasteiger partial charge in [-0.2, -0.15) is 0 Å². The molecule has 0 aliphatic heterocycles. The smallest absolute Gasteiger partial charge is 0.200 e. The zero-order chi connectivity index (χ0) is 8.85. The summed E-state index contributed by atoms with van der Waals surface area (Å²) in [7, 11) is 0. The van der Waals surface area contributed by atoms with E-state index in [-0.39, 0.29) is 17.5 Å². The second-order valence-corrected chi connectivity index (χ2v) is 2.60. The van der Waals surface area contributed by atoms with Crippen LogP contribution in [-0.4, -0.2) is 17.8 Å². The lowest BCUT2D eigenvalue weighted by Gasteiger charge is -2.04. The molecule has 0 aromatic heterocycles. The zero-order valence-electron chi connectivity index (χ0n) is 6.89. The predicted molar refractivity (Wildman–Crippen MR) is 42.9 cm³/mol. The average Bonchev–Trinajstić information content (AvgIpc) is 1.98. The molecule has 62 valence electrons. The van der Waals surface area contributed by atoms with Crippen LogP contribution < -0.4 is 0 Å². The Morgan fingerprint density at radius 3 is 2.45 bits per heavy atom. The highest BCUT2D eigenvalue weighted by Crippen LogP contribution is 2.05. The molecule has 0 heterocycles. The Morgan fingerprint density at radius 2 is 2.09 bits per heavy atom. The SMILES string of the molecule is CC(=O)C(=O)[C@H](C)CCC=N. The van der Waals surface area contributed by atoms with Crippen LogP contribution >= 0.6 is 0 Å². The first-order valence-corrected chi connectivity index (χ1v) is 3.63. The van der Waals surface area contributed by atoms with Crippen LogP contribution in [0.5, 0.6) is 0 Å². The van der Waals surface area contributed by atoms with E-state index in [1.807, 2.05) is 0 Å². The van der Waals surface area contributed by atoms with E-state index in [4.69, 9.17) is 5.41 Å². The van der Waals surface area contributed by atoms with Crippen molar-refractivity contribution in [3.05, 3.63) is 0 Å². The first-order valence-electron chi connectivity index (χ1n) is 3.63. The monoisotopic (exact) mass is 155 g/mol. The zero-order valence-corrected chi connectivity index (χ0v) is 6.89. The molecule has 0 bridgehead atoms. The Hall–Kier alpha value is -0.990. The van der Waals surface area contributed by atoms with Gasteiger partial charge >= 0.3 is 0 Å². The van der Waals surface area contributed by atoms with E-state index in [1.165, 1.54) is 13.1 Å². The number of carbonyl (C=O) groups excluding carboxylic acids is 2. The molecular formula is C8H13NO2. The number of ketones is 2. The molecule has 0 saturated carbocycles. The summed E-state index contributed by atoms with van der Waals surface area (Å²) < 4.78 is 0. The van der Waals surface area contributed by atoms with Gasteiger partial charge in [-0.1, -0.05) is 6.92 Å². The van der Waals surface area contributed by atoms with Gasteiger partial charge in [0.15, 0.2) is 5.78 Å². The van der Waals surface area contributed by atoms with Crippen molar-refractivity contribution in [2.45, 2.75) is 26.7 Å². The molecule has 0 fully saturated rings. The second-order valence-electron chi connectivity index (χ2n) is 2.60. The molecule has 0 aromatic rings. The van der Waals surface area contributed by atoms with E-state index >= 15 is 0 Å². The third-order valence-corrected chi connectivity index (χ3v) is 1.54. The van der Waals surface area contributed by atoms with Crippen LogP contribution in [0.1, 0.15) is 26.7 Å².